The highest BCUT2D eigenvalue weighted by molar-refractivity contribution is 6.30. The molecule has 1 amide bonds. The Balaban J connectivity index is 1.91. The molecule has 0 spiro atoms. The molecule has 0 aliphatic carbocycles. The van der Waals surface area contributed by atoms with Gasteiger partial charge in [-0.3, -0.25) is 4.79 Å². The fourth-order valence-corrected chi connectivity index (χ4v) is 2.71. The molecule has 1 aliphatic heterocycles. The van der Waals surface area contributed by atoms with Crippen LogP contribution in [0.15, 0.2) is 36.5 Å². The Morgan fingerprint density at radius 1 is 1.46 bits per heavy atom. The van der Waals surface area contributed by atoms with Crippen molar-refractivity contribution in [3.63, 3.8) is 0 Å². The molecule has 0 fully saturated rings. The van der Waals surface area contributed by atoms with E-state index in [-0.39, 0.29) is 23.2 Å². The van der Waals surface area contributed by atoms with Gasteiger partial charge in [0.25, 0.3) is 5.91 Å². The van der Waals surface area contributed by atoms with Crippen molar-refractivity contribution in [1.29, 1.82) is 0 Å². The molecule has 1 aromatic heterocycles. The minimum Gasteiger partial charge on any atom is -0.491 e. The third kappa shape index (κ3) is 3.12. The number of carbonyl (C=O) groups is 1. The monoisotopic (exact) mass is 354 g/mol. The molecule has 0 bridgehead atoms. The summed E-state index contributed by atoms with van der Waals surface area (Å²) in [5, 5.41) is 0.149. The molecule has 2 heterocycles. The van der Waals surface area contributed by atoms with Gasteiger partial charge in [-0.25, -0.2) is 4.98 Å². The molecular weight excluding hydrogens is 342 g/mol. The number of aromatic nitrogens is 1. The molecule has 0 saturated carbocycles. The molecule has 0 radical (unpaired) electrons. The van der Waals surface area contributed by atoms with Gasteiger partial charge in [-0.15, -0.1) is 0 Å². The summed E-state index contributed by atoms with van der Waals surface area (Å²) in [6.45, 7) is -2.81. The SMILES string of the molecule is CN(C(=O)c1cc(Cl)cnc1OC(F)F)C1COc2ccccc21. The lowest BCUT2D eigenvalue weighted by Gasteiger charge is -2.24. The summed E-state index contributed by atoms with van der Waals surface area (Å²) < 4.78 is 34.9. The fraction of sp³-hybridized carbons (Fsp3) is 0.250. The second-order valence-corrected chi connectivity index (χ2v) is 5.60. The maximum atomic E-state index is 12.7. The lowest BCUT2D eigenvalue weighted by Crippen LogP contribution is -2.32. The lowest BCUT2D eigenvalue weighted by molar-refractivity contribution is -0.0533. The Bertz CT molecular complexity index is 773. The van der Waals surface area contributed by atoms with E-state index in [4.69, 9.17) is 16.3 Å². The van der Waals surface area contributed by atoms with Crippen molar-refractivity contribution in [2.75, 3.05) is 13.7 Å². The number of pyridine rings is 1. The van der Waals surface area contributed by atoms with Crippen LogP contribution < -0.4 is 9.47 Å². The van der Waals surface area contributed by atoms with E-state index in [2.05, 4.69) is 9.72 Å². The summed E-state index contributed by atoms with van der Waals surface area (Å²) in [6.07, 6.45) is 1.14. The number of rotatable bonds is 4. The van der Waals surface area contributed by atoms with Crippen LogP contribution in [0.25, 0.3) is 0 Å². The number of hydrogen-bond donors (Lipinski definition) is 0. The highest BCUT2D eigenvalue weighted by Gasteiger charge is 2.32. The van der Waals surface area contributed by atoms with Gasteiger partial charge in [0.2, 0.25) is 5.88 Å². The van der Waals surface area contributed by atoms with E-state index >= 15 is 0 Å². The Hall–Kier alpha value is -2.41. The molecule has 24 heavy (non-hydrogen) atoms. The maximum Gasteiger partial charge on any atom is 0.388 e. The summed E-state index contributed by atoms with van der Waals surface area (Å²) in [4.78, 5) is 17.8. The number of likely N-dealkylation sites (N-methyl/N-ethyl adjacent to an activating group) is 1. The Morgan fingerprint density at radius 3 is 2.96 bits per heavy atom. The number of ether oxygens (including phenoxy) is 2. The van der Waals surface area contributed by atoms with Crippen LogP contribution in [0.5, 0.6) is 11.6 Å². The van der Waals surface area contributed by atoms with E-state index in [1.165, 1.54) is 11.0 Å². The van der Waals surface area contributed by atoms with Gasteiger partial charge in [-0.1, -0.05) is 29.8 Å². The number of nitrogens with zero attached hydrogens (tertiary/aromatic N) is 2. The van der Waals surface area contributed by atoms with Crippen LogP contribution in [0, 0.1) is 0 Å². The highest BCUT2D eigenvalue weighted by atomic mass is 35.5. The average Bonchev–Trinajstić information content (AvgIpc) is 2.99. The summed E-state index contributed by atoms with van der Waals surface area (Å²) in [5.74, 6) is -0.306. The van der Waals surface area contributed by atoms with E-state index in [1.54, 1.807) is 13.1 Å². The van der Waals surface area contributed by atoms with Crippen LogP contribution in [-0.4, -0.2) is 36.1 Å². The average molecular weight is 355 g/mol. The van der Waals surface area contributed by atoms with Crippen molar-refractivity contribution in [2.24, 2.45) is 0 Å². The van der Waals surface area contributed by atoms with Crippen molar-refractivity contribution < 1.29 is 23.0 Å². The maximum absolute atomic E-state index is 12.7. The molecule has 3 rings (SSSR count). The number of alkyl halides is 2. The van der Waals surface area contributed by atoms with Crippen LogP contribution in [0.2, 0.25) is 5.02 Å². The minimum atomic E-state index is -3.09. The van der Waals surface area contributed by atoms with E-state index in [9.17, 15) is 13.6 Å². The second-order valence-electron chi connectivity index (χ2n) is 5.17. The lowest BCUT2D eigenvalue weighted by atomic mass is 10.1. The largest absolute Gasteiger partial charge is 0.491 e. The number of halogens is 3. The van der Waals surface area contributed by atoms with E-state index in [0.717, 1.165) is 11.8 Å². The first kappa shape index (κ1) is 16.4. The molecule has 0 saturated heterocycles. The van der Waals surface area contributed by atoms with Crippen molar-refractivity contribution in [3.05, 3.63) is 52.7 Å². The van der Waals surface area contributed by atoms with Gasteiger partial charge in [0.1, 0.15) is 17.9 Å². The summed E-state index contributed by atoms with van der Waals surface area (Å²) in [7, 11) is 1.56. The number of para-hydroxylation sites is 1. The third-order valence-electron chi connectivity index (χ3n) is 3.71. The molecular formula is C16H13ClF2N2O3. The predicted molar refractivity (Wildman–Crippen MR) is 82.7 cm³/mol. The molecule has 1 aliphatic rings. The Kier molecular flexibility index (Phi) is 4.53. The zero-order valence-electron chi connectivity index (χ0n) is 12.6. The van der Waals surface area contributed by atoms with Gasteiger partial charge < -0.3 is 14.4 Å². The third-order valence-corrected chi connectivity index (χ3v) is 3.92. The highest BCUT2D eigenvalue weighted by Crippen LogP contribution is 2.36. The van der Waals surface area contributed by atoms with Gasteiger partial charge in [-0.2, -0.15) is 8.78 Å². The topological polar surface area (TPSA) is 51.7 Å². The van der Waals surface area contributed by atoms with Gasteiger partial charge in [0.15, 0.2) is 0 Å². The van der Waals surface area contributed by atoms with E-state index in [0.29, 0.717) is 5.75 Å². The quantitative estimate of drug-likeness (QED) is 0.842. The number of amides is 1. The van der Waals surface area contributed by atoms with Crippen LogP contribution >= 0.6 is 11.6 Å². The Labute approximate surface area is 141 Å². The molecule has 8 heteroatoms. The smallest absolute Gasteiger partial charge is 0.388 e. The van der Waals surface area contributed by atoms with Crippen LogP contribution in [0.4, 0.5) is 8.78 Å². The first-order valence-corrected chi connectivity index (χ1v) is 7.44. The van der Waals surface area contributed by atoms with Crippen molar-refractivity contribution in [2.45, 2.75) is 12.7 Å². The van der Waals surface area contributed by atoms with Gasteiger partial charge in [0.05, 0.1) is 11.1 Å². The first-order valence-electron chi connectivity index (χ1n) is 7.06. The summed E-state index contributed by atoms with van der Waals surface area (Å²) in [5.41, 5.74) is 0.717. The number of carbonyl (C=O) groups excluding carboxylic acids is 1. The summed E-state index contributed by atoms with van der Waals surface area (Å²) >= 11 is 5.84. The molecule has 1 unspecified atom stereocenters. The molecule has 1 aromatic carbocycles. The van der Waals surface area contributed by atoms with Crippen molar-refractivity contribution in [3.8, 4) is 11.6 Å². The van der Waals surface area contributed by atoms with Crippen LogP contribution in [-0.2, 0) is 0 Å². The molecule has 0 N–H and O–H groups in total. The number of hydrogen-bond acceptors (Lipinski definition) is 4. The Morgan fingerprint density at radius 2 is 2.21 bits per heavy atom. The predicted octanol–water partition coefficient (Wildman–Crippen LogP) is 3.54. The normalized spacial score (nSPS) is 15.8. The molecule has 5 nitrogen and oxygen atoms in total. The first-order chi connectivity index (χ1) is 11.5. The fourth-order valence-electron chi connectivity index (χ4n) is 2.56. The van der Waals surface area contributed by atoms with Gasteiger partial charge in [-0.05, 0) is 12.1 Å². The van der Waals surface area contributed by atoms with Gasteiger partial charge in [0, 0.05) is 18.8 Å². The molecule has 1 atom stereocenters. The van der Waals surface area contributed by atoms with Crippen molar-refractivity contribution >= 4 is 17.5 Å². The van der Waals surface area contributed by atoms with E-state index < -0.39 is 18.4 Å². The number of fused-ring (bicyclic) bond motifs is 1. The molecule has 2 aromatic rings. The zero-order chi connectivity index (χ0) is 17.3. The van der Waals surface area contributed by atoms with E-state index in [1.807, 2.05) is 18.2 Å². The second kappa shape index (κ2) is 6.60. The standard InChI is InChI=1S/C16H13ClF2N2O3/c1-21(12-8-23-13-5-3-2-4-10(12)13)15(22)11-6-9(17)7-20-14(11)24-16(18)19/h2-7,12,16H,8H2,1H3. The minimum absolute atomic E-state index is 0.130. The summed E-state index contributed by atoms with van der Waals surface area (Å²) in [6, 6.07) is 8.24. The van der Waals surface area contributed by atoms with Crippen LogP contribution in [0.1, 0.15) is 22.0 Å². The van der Waals surface area contributed by atoms with Gasteiger partial charge >= 0.3 is 6.61 Å². The van der Waals surface area contributed by atoms with Crippen molar-refractivity contribution in [1.82, 2.24) is 9.88 Å². The number of benzene rings is 1. The molecule has 126 valence electrons. The van der Waals surface area contributed by atoms with Crippen LogP contribution in [0.3, 0.4) is 0 Å². The zero-order valence-corrected chi connectivity index (χ0v) is 13.3.